The molecule has 1 unspecified atom stereocenters. The molecule has 0 aliphatic carbocycles. The average Bonchev–Trinajstić information content (AvgIpc) is 2.90. The van der Waals surface area contributed by atoms with Crippen molar-refractivity contribution in [1.82, 2.24) is 0 Å². The first-order chi connectivity index (χ1) is 15.7. The number of para-hydroxylation sites is 1. The van der Waals surface area contributed by atoms with Crippen molar-refractivity contribution in [2.75, 3.05) is 23.5 Å². The summed E-state index contributed by atoms with van der Waals surface area (Å²) < 4.78 is 33.0. The lowest BCUT2D eigenvalue weighted by Crippen LogP contribution is -2.37. The highest BCUT2D eigenvalue weighted by Gasteiger charge is 2.41. The van der Waals surface area contributed by atoms with Gasteiger partial charge in [-0.1, -0.05) is 44.9 Å². The number of fused-ring (bicyclic) bond motifs is 1. The van der Waals surface area contributed by atoms with Gasteiger partial charge in [-0.3, -0.25) is 0 Å². The number of benzene rings is 2. The summed E-state index contributed by atoms with van der Waals surface area (Å²) in [6.07, 6.45) is 7.38. The highest BCUT2D eigenvalue weighted by molar-refractivity contribution is 7.98. The van der Waals surface area contributed by atoms with Crippen molar-refractivity contribution >= 4 is 38.9 Å². The van der Waals surface area contributed by atoms with Gasteiger partial charge in [-0.25, -0.2) is 13.2 Å². The quantitative estimate of drug-likeness (QED) is 0.267. The zero-order valence-electron chi connectivity index (χ0n) is 19.3. The van der Waals surface area contributed by atoms with E-state index in [2.05, 4.69) is 18.7 Å². The first-order valence-corrected chi connectivity index (χ1v) is 14.0. The Kier molecular flexibility index (Phi) is 8.13. The molecule has 1 aliphatic rings. The van der Waals surface area contributed by atoms with Gasteiger partial charge in [0.2, 0.25) is 0 Å². The number of aliphatic carboxylic acids is 1. The number of anilines is 2. The van der Waals surface area contributed by atoms with Crippen LogP contribution in [-0.2, 0) is 14.6 Å². The van der Waals surface area contributed by atoms with Gasteiger partial charge in [0.25, 0.3) is 0 Å². The molecule has 0 aromatic heterocycles. The van der Waals surface area contributed by atoms with Crippen LogP contribution in [0, 0.1) is 5.41 Å². The zero-order chi connectivity index (χ0) is 24.1. The maximum atomic E-state index is 13.7. The van der Waals surface area contributed by atoms with Gasteiger partial charge < -0.3 is 14.7 Å². The van der Waals surface area contributed by atoms with Crippen LogP contribution in [-0.4, -0.2) is 38.0 Å². The second-order valence-electron chi connectivity index (χ2n) is 8.37. The normalized spacial score (nSPS) is 19.8. The number of thioether (sulfide) groups is 1. The fourth-order valence-corrected chi connectivity index (χ4v) is 7.00. The largest absolute Gasteiger partial charge is 0.478 e. The molecule has 1 atom stereocenters. The van der Waals surface area contributed by atoms with Crippen LogP contribution < -0.4 is 9.64 Å². The van der Waals surface area contributed by atoms with Crippen molar-refractivity contribution in [3.05, 3.63) is 54.8 Å². The summed E-state index contributed by atoms with van der Waals surface area (Å²) >= 11 is 1.42. The number of carboxylic acids is 1. The van der Waals surface area contributed by atoms with Gasteiger partial charge in [-0.15, -0.1) is 11.8 Å². The van der Waals surface area contributed by atoms with E-state index < -0.39 is 15.8 Å². The first-order valence-electron chi connectivity index (χ1n) is 11.1. The molecule has 0 radical (unpaired) electrons. The van der Waals surface area contributed by atoms with Crippen molar-refractivity contribution in [1.29, 1.82) is 0 Å². The lowest BCUT2D eigenvalue weighted by Gasteiger charge is -2.36. The van der Waals surface area contributed by atoms with Crippen molar-refractivity contribution in [3.63, 3.8) is 0 Å². The molecule has 6 nitrogen and oxygen atoms in total. The molecule has 0 fully saturated rings. The molecular formula is C25H31NO5S2. The highest BCUT2D eigenvalue weighted by Crippen LogP contribution is 2.47. The summed E-state index contributed by atoms with van der Waals surface area (Å²) in [7, 11) is -3.63. The third kappa shape index (κ3) is 5.73. The maximum absolute atomic E-state index is 13.7. The summed E-state index contributed by atoms with van der Waals surface area (Å²) in [5.41, 5.74) is 1.19. The third-order valence-electron chi connectivity index (χ3n) is 6.14. The molecule has 0 amide bonds. The molecule has 2 aromatic carbocycles. The molecule has 8 heteroatoms. The van der Waals surface area contributed by atoms with Crippen LogP contribution in [0.2, 0.25) is 0 Å². The predicted octanol–water partition coefficient (Wildman–Crippen LogP) is 5.90. The molecule has 2 aromatic rings. The number of nitrogens with zero attached hydrogens (tertiary/aromatic N) is 1. The molecule has 1 N–H and O–H groups in total. The van der Waals surface area contributed by atoms with Gasteiger partial charge in [-0.05, 0) is 37.3 Å². The van der Waals surface area contributed by atoms with E-state index in [4.69, 9.17) is 9.84 Å². The van der Waals surface area contributed by atoms with Gasteiger partial charge in [0.05, 0.1) is 33.6 Å². The molecular weight excluding hydrogens is 458 g/mol. The minimum absolute atomic E-state index is 0.0653. The Hall–Kier alpha value is -2.45. The average molecular weight is 490 g/mol. The maximum Gasteiger partial charge on any atom is 0.331 e. The van der Waals surface area contributed by atoms with Crippen LogP contribution in [0.25, 0.3) is 0 Å². The summed E-state index contributed by atoms with van der Waals surface area (Å²) in [6, 6.07) is 13.3. The van der Waals surface area contributed by atoms with Crippen molar-refractivity contribution in [3.8, 4) is 5.75 Å². The van der Waals surface area contributed by atoms with Crippen LogP contribution in [0.1, 0.15) is 39.5 Å². The Morgan fingerprint density at radius 3 is 2.58 bits per heavy atom. The summed E-state index contributed by atoms with van der Waals surface area (Å²) in [5.74, 6) is -0.745. The number of ether oxygens (including phenoxy) is 1. The number of rotatable bonds is 9. The van der Waals surface area contributed by atoms with Crippen LogP contribution in [0.4, 0.5) is 11.4 Å². The minimum atomic E-state index is -3.63. The molecule has 0 bridgehead atoms. The van der Waals surface area contributed by atoms with Gasteiger partial charge >= 0.3 is 5.97 Å². The lowest BCUT2D eigenvalue weighted by molar-refractivity contribution is -0.131. The minimum Gasteiger partial charge on any atom is -0.478 e. The molecule has 0 saturated carbocycles. The van der Waals surface area contributed by atoms with Crippen LogP contribution >= 0.6 is 11.8 Å². The Bertz CT molecular complexity index is 1120. The van der Waals surface area contributed by atoms with Crippen LogP contribution in [0.5, 0.6) is 5.75 Å². The molecule has 1 aliphatic heterocycles. The fraction of sp³-hybridized carbons (Fsp3) is 0.400. The number of hydrogen-bond donors (Lipinski definition) is 1. The van der Waals surface area contributed by atoms with Gasteiger partial charge in [0, 0.05) is 23.7 Å². The first kappa shape index (κ1) is 25.2. The zero-order valence-corrected chi connectivity index (χ0v) is 20.9. The summed E-state index contributed by atoms with van der Waals surface area (Å²) in [5, 5.41) is 8.87. The Labute approximate surface area is 200 Å². The fourth-order valence-electron chi connectivity index (χ4n) is 4.29. The summed E-state index contributed by atoms with van der Waals surface area (Å²) in [4.78, 5) is 13.9. The van der Waals surface area contributed by atoms with E-state index in [9.17, 15) is 13.2 Å². The second kappa shape index (κ2) is 10.7. The standard InChI is InChI=1S/C25H31NO5S2/c1-4-6-13-25(5-2)17-26(19-10-8-7-9-11-19)20-15-22(32-3)21(31-14-12-24(27)28)16-23(20)33(29,30)18-25/h7-12,14-16H,4-6,13,17-18H2,1-3H3,(H,27,28). The molecule has 1 heterocycles. The van der Waals surface area contributed by atoms with Gasteiger partial charge in [0.15, 0.2) is 9.84 Å². The summed E-state index contributed by atoms with van der Waals surface area (Å²) in [6.45, 7) is 4.80. The molecule has 33 heavy (non-hydrogen) atoms. The van der Waals surface area contributed by atoms with Crippen LogP contribution in [0.15, 0.2) is 64.6 Å². The SMILES string of the molecule is CCCCC1(CC)CN(c2ccccc2)c2cc(SC)c(OC=CC(=O)O)cc2S(=O)(=O)C1. The Morgan fingerprint density at radius 1 is 1.24 bits per heavy atom. The third-order valence-corrected chi connectivity index (χ3v) is 8.89. The topological polar surface area (TPSA) is 83.9 Å². The van der Waals surface area contributed by atoms with Gasteiger partial charge in [0.1, 0.15) is 5.75 Å². The molecule has 3 rings (SSSR count). The molecule has 0 spiro atoms. The number of carboxylic acid groups (broad SMARTS) is 1. The highest BCUT2D eigenvalue weighted by atomic mass is 32.2. The monoisotopic (exact) mass is 489 g/mol. The number of hydrogen-bond acceptors (Lipinski definition) is 6. The molecule has 0 saturated heterocycles. The van der Waals surface area contributed by atoms with Crippen LogP contribution in [0.3, 0.4) is 0 Å². The van der Waals surface area contributed by atoms with E-state index in [1.54, 1.807) is 6.07 Å². The molecule has 178 valence electrons. The Balaban J connectivity index is 2.22. The van der Waals surface area contributed by atoms with E-state index in [0.717, 1.165) is 48.6 Å². The number of sulfone groups is 1. The van der Waals surface area contributed by atoms with Crippen molar-refractivity contribution < 1.29 is 23.1 Å². The van der Waals surface area contributed by atoms with E-state index in [-0.39, 0.29) is 16.1 Å². The smallest absolute Gasteiger partial charge is 0.331 e. The number of unbranched alkanes of at least 4 members (excludes halogenated alkanes) is 1. The van der Waals surface area contributed by atoms with E-state index in [0.29, 0.717) is 18.0 Å². The second-order valence-corrected chi connectivity index (χ2v) is 11.2. The van der Waals surface area contributed by atoms with Gasteiger partial charge in [-0.2, -0.15) is 0 Å². The predicted molar refractivity (Wildman–Crippen MR) is 133 cm³/mol. The Morgan fingerprint density at radius 2 is 1.97 bits per heavy atom. The van der Waals surface area contributed by atoms with Crippen molar-refractivity contribution in [2.24, 2.45) is 5.41 Å². The van der Waals surface area contributed by atoms with E-state index in [1.807, 2.05) is 42.7 Å². The lowest BCUT2D eigenvalue weighted by atomic mass is 9.81. The number of carbonyl (C=O) groups is 1. The van der Waals surface area contributed by atoms with E-state index in [1.165, 1.54) is 11.8 Å². The van der Waals surface area contributed by atoms with E-state index >= 15 is 0 Å². The van der Waals surface area contributed by atoms with Crippen molar-refractivity contribution in [2.45, 2.75) is 49.3 Å².